The molecule has 3 heterocycles. The van der Waals surface area contributed by atoms with E-state index in [9.17, 15) is 19.5 Å². The van der Waals surface area contributed by atoms with Gasteiger partial charge in [-0.1, -0.05) is 34.5 Å². The van der Waals surface area contributed by atoms with Gasteiger partial charge in [-0.3, -0.25) is 9.59 Å². The standard InChI is InChI=1S/C21H27Cl2N5O6S.Na/c1-9(8-33-3)24-19(30)16-17(20(31)32)35-21(27-16)28-6-5-11(12(7-28)34-4)26-18(29)15-14(23)13(22)10(2)25-15;/h9,11-12,25H,5-8H2,1-4H3,(H,24,30)(H,26,29)(H,31,32);/q;+1/p-1/t9-,11-,12+;/m1./s1. The molecule has 2 aromatic rings. The summed E-state index contributed by atoms with van der Waals surface area (Å²) in [5.74, 6) is -2.53. The monoisotopic (exact) mass is 569 g/mol. The van der Waals surface area contributed by atoms with E-state index in [1.54, 1.807) is 13.8 Å². The molecule has 2 amide bonds. The number of aromatic carboxylic acids is 1. The van der Waals surface area contributed by atoms with Gasteiger partial charge in [0.15, 0.2) is 10.8 Å². The Labute approximate surface area is 244 Å². The Kier molecular flexibility index (Phi) is 11.5. The van der Waals surface area contributed by atoms with Crippen molar-refractivity contribution < 1.29 is 58.5 Å². The number of nitrogens with zero attached hydrogens (tertiary/aromatic N) is 2. The minimum absolute atomic E-state index is 0. The van der Waals surface area contributed by atoms with E-state index < -0.39 is 23.9 Å². The topological polar surface area (TPSA) is 149 Å². The van der Waals surface area contributed by atoms with Crippen molar-refractivity contribution in [1.82, 2.24) is 20.6 Å². The van der Waals surface area contributed by atoms with Gasteiger partial charge in [-0.05, 0) is 20.3 Å². The zero-order chi connectivity index (χ0) is 25.9. The molecular formula is C21H26Cl2N5NaO6S. The van der Waals surface area contributed by atoms with Crippen molar-refractivity contribution in [2.75, 3.05) is 38.8 Å². The molecule has 0 aromatic carbocycles. The summed E-state index contributed by atoms with van der Waals surface area (Å²) in [7, 11) is 3.01. The minimum atomic E-state index is -1.49. The van der Waals surface area contributed by atoms with Gasteiger partial charge in [-0.25, -0.2) is 4.98 Å². The number of carbonyl (C=O) groups is 3. The molecule has 0 unspecified atom stereocenters. The summed E-state index contributed by atoms with van der Waals surface area (Å²) in [6.45, 7) is 4.44. The maximum atomic E-state index is 12.8. The average molecular weight is 570 g/mol. The van der Waals surface area contributed by atoms with E-state index in [4.69, 9.17) is 32.7 Å². The molecule has 192 valence electrons. The van der Waals surface area contributed by atoms with E-state index in [0.29, 0.717) is 35.4 Å². The molecule has 0 spiro atoms. The zero-order valence-electron chi connectivity index (χ0n) is 20.6. The van der Waals surface area contributed by atoms with E-state index in [-0.39, 0.29) is 69.5 Å². The van der Waals surface area contributed by atoms with Crippen LogP contribution in [0.1, 0.15) is 49.7 Å². The molecule has 3 atom stereocenters. The number of methoxy groups -OCH3 is 2. The number of aromatic amines is 1. The zero-order valence-corrected chi connectivity index (χ0v) is 24.9. The molecule has 1 saturated heterocycles. The number of carboxylic acid groups (broad SMARTS) is 1. The first-order valence-electron chi connectivity index (χ1n) is 10.7. The van der Waals surface area contributed by atoms with Gasteiger partial charge in [0, 0.05) is 39.0 Å². The van der Waals surface area contributed by atoms with Crippen molar-refractivity contribution in [1.29, 1.82) is 0 Å². The van der Waals surface area contributed by atoms with Crippen LogP contribution in [-0.2, 0) is 9.47 Å². The fraction of sp³-hybridized carbons (Fsp3) is 0.524. The molecule has 15 heteroatoms. The van der Waals surface area contributed by atoms with Crippen molar-refractivity contribution in [3.05, 3.63) is 32.0 Å². The smallest absolute Gasteiger partial charge is 0.544 e. The number of aryl methyl sites for hydroxylation is 1. The van der Waals surface area contributed by atoms with Gasteiger partial charge in [0.2, 0.25) is 0 Å². The van der Waals surface area contributed by atoms with Crippen LogP contribution in [0.2, 0.25) is 10.0 Å². The van der Waals surface area contributed by atoms with Crippen LogP contribution in [0.3, 0.4) is 0 Å². The van der Waals surface area contributed by atoms with E-state index in [1.807, 2.05) is 4.90 Å². The van der Waals surface area contributed by atoms with Crippen LogP contribution in [0.5, 0.6) is 0 Å². The summed E-state index contributed by atoms with van der Waals surface area (Å²) >= 11 is 13.1. The summed E-state index contributed by atoms with van der Waals surface area (Å²) in [6.07, 6.45) is 0.0365. The van der Waals surface area contributed by atoms with Gasteiger partial charge in [-0.2, -0.15) is 0 Å². The Morgan fingerprint density at radius 1 is 1.28 bits per heavy atom. The normalized spacial score (nSPS) is 18.3. The van der Waals surface area contributed by atoms with Gasteiger partial charge >= 0.3 is 29.6 Å². The number of anilines is 1. The Morgan fingerprint density at radius 3 is 2.53 bits per heavy atom. The number of aromatic nitrogens is 2. The number of hydrogen-bond acceptors (Lipinski definition) is 9. The van der Waals surface area contributed by atoms with Gasteiger partial charge in [-0.15, -0.1) is 0 Å². The maximum absolute atomic E-state index is 12.8. The fourth-order valence-corrected chi connectivity index (χ4v) is 5.13. The van der Waals surface area contributed by atoms with Crippen molar-refractivity contribution >= 4 is 57.5 Å². The minimum Gasteiger partial charge on any atom is -0.544 e. The van der Waals surface area contributed by atoms with Gasteiger partial charge in [0.25, 0.3) is 11.8 Å². The largest absolute Gasteiger partial charge is 1.00 e. The first kappa shape index (κ1) is 30.8. The fourth-order valence-electron chi connectivity index (χ4n) is 3.78. The number of carboxylic acids is 1. The van der Waals surface area contributed by atoms with Crippen molar-refractivity contribution in [2.45, 2.75) is 38.5 Å². The van der Waals surface area contributed by atoms with Crippen LogP contribution >= 0.6 is 34.5 Å². The maximum Gasteiger partial charge on any atom is 1.00 e. The Balaban J connectivity index is 0.00000456. The van der Waals surface area contributed by atoms with Crippen LogP contribution in [0.25, 0.3) is 0 Å². The molecule has 0 radical (unpaired) electrons. The summed E-state index contributed by atoms with van der Waals surface area (Å²) in [4.78, 5) is 45.7. The van der Waals surface area contributed by atoms with Crippen LogP contribution in [-0.4, -0.2) is 79.9 Å². The number of halogens is 2. The molecule has 1 aliphatic heterocycles. The molecule has 3 rings (SSSR count). The van der Waals surface area contributed by atoms with Gasteiger partial charge in [0.05, 0.1) is 39.6 Å². The summed E-state index contributed by atoms with van der Waals surface area (Å²) in [5.41, 5.74) is 0.540. The number of nitrogens with one attached hydrogen (secondary N) is 3. The molecule has 0 saturated carbocycles. The molecule has 0 bridgehead atoms. The predicted octanol–water partition coefficient (Wildman–Crippen LogP) is -1.76. The quantitative estimate of drug-likeness (QED) is 0.301. The van der Waals surface area contributed by atoms with Crippen LogP contribution in [0.15, 0.2) is 0 Å². The second-order valence-electron chi connectivity index (χ2n) is 8.13. The second-order valence-corrected chi connectivity index (χ2v) is 9.87. The van der Waals surface area contributed by atoms with E-state index in [1.165, 1.54) is 14.2 Å². The molecule has 36 heavy (non-hydrogen) atoms. The van der Waals surface area contributed by atoms with Crippen molar-refractivity contribution in [3.63, 3.8) is 0 Å². The van der Waals surface area contributed by atoms with Crippen LogP contribution < -0.4 is 50.2 Å². The Morgan fingerprint density at radius 2 is 1.97 bits per heavy atom. The van der Waals surface area contributed by atoms with E-state index in [0.717, 1.165) is 11.3 Å². The number of ether oxygens (including phenoxy) is 2. The van der Waals surface area contributed by atoms with Crippen molar-refractivity contribution in [3.8, 4) is 0 Å². The SMILES string of the molecule is COC[C@@H](C)NC(=O)c1nc(N2CC[C@@H](NC(=O)c3[nH]c(C)c(Cl)c3Cl)[C@@H](OC)C2)sc1C(=O)[O-].[Na+]. The first-order valence-corrected chi connectivity index (χ1v) is 12.3. The van der Waals surface area contributed by atoms with E-state index in [2.05, 4.69) is 20.6 Å². The Bertz CT molecular complexity index is 1110. The number of hydrogen-bond donors (Lipinski definition) is 3. The van der Waals surface area contributed by atoms with Crippen LogP contribution in [0.4, 0.5) is 5.13 Å². The third-order valence-corrected chi connectivity index (χ3v) is 7.58. The predicted molar refractivity (Wildman–Crippen MR) is 130 cm³/mol. The molecule has 0 aliphatic carbocycles. The summed E-state index contributed by atoms with van der Waals surface area (Å²) in [6, 6.07) is -0.684. The molecule has 2 aromatic heterocycles. The molecule has 1 aliphatic rings. The number of rotatable bonds is 9. The number of piperidine rings is 1. The third-order valence-electron chi connectivity index (χ3n) is 5.54. The molecule has 11 nitrogen and oxygen atoms in total. The molecule has 1 fully saturated rings. The first-order chi connectivity index (χ1) is 16.6. The number of carbonyl (C=O) groups excluding carboxylic acids is 3. The molecular weight excluding hydrogens is 544 g/mol. The number of H-pyrrole nitrogens is 1. The summed E-state index contributed by atoms with van der Waals surface area (Å²) < 4.78 is 10.6. The van der Waals surface area contributed by atoms with E-state index >= 15 is 0 Å². The number of thiazole rings is 1. The summed E-state index contributed by atoms with van der Waals surface area (Å²) in [5, 5.41) is 18.0. The molecule has 3 N–H and O–H groups in total. The second kappa shape index (κ2) is 13.4. The van der Waals surface area contributed by atoms with Crippen LogP contribution in [0, 0.1) is 6.92 Å². The third kappa shape index (κ3) is 6.93. The van der Waals surface area contributed by atoms with Gasteiger partial charge in [0.1, 0.15) is 5.69 Å². The Hall–Kier alpha value is -1.38. The average Bonchev–Trinajstić information content (AvgIpc) is 3.37. The van der Waals surface area contributed by atoms with Gasteiger partial charge < -0.3 is 39.9 Å². The van der Waals surface area contributed by atoms with Crippen molar-refractivity contribution in [2.24, 2.45) is 0 Å². The number of amides is 2.